The highest BCUT2D eigenvalue weighted by Crippen LogP contribution is 2.32. The van der Waals surface area contributed by atoms with Gasteiger partial charge in [-0.1, -0.05) is 12.1 Å². The molecule has 2 N–H and O–H groups in total. The zero-order valence-electron chi connectivity index (χ0n) is 13.9. The molecule has 1 aliphatic rings. The van der Waals surface area contributed by atoms with E-state index in [0.29, 0.717) is 5.92 Å². The van der Waals surface area contributed by atoms with E-state index in [1.807, 2.05) is 18.5 Å². The molecule has 1 saturated heterocycles. The van der Waals surface area contributed by atoms with Gasteiger partial charge in [0.05, 0.1) is 29.9 Å². The molecule has 0 bridgehead atoms. The van der Waals surface area contributed by atoms with Gasteiger partial charge in [-0.05, 0) is 25.0 Å². The van der Waals surface area contributed by atoms with E-state index in [1.54, 1.807) is 0 Å². The predicted octanol–water partition coefficient (Wildman–Crippen LogP) is 2.55. The van der Waals surface area contributed by atoms with Crippen molar-refractivity contribution in [2.24, 2.45) is 13.0 Å². The van der Waals surface area contributed by atoms with Crippen LogP contribution >= 0.6 is 0 Å². The summed E-state index contributed by atoms with van der Waals surface area (Å²) >= 11 is 0. The zero-order chi connectivity index (χ0) is 16.4. The molecule has 0 aliphatic carbocycles. The van der Waals surface area contributed by atoms with Crippen molar-refractivity contribution in [1.82, 2.24) is 25.1 Å². The van der Waals surface area contributed by atoms with Crippen molar-refractivity contribution in [3.63, 3.8) is 0 Å². The predicted molar refractivity (Wildman–Crippen MR) is 92.4 cm³/mol. The summed E-state index contributed by atoms with van der Waals surface area (Å²) < 4.78 is 8.15. The minimum absolute atomic E-state index is 0.130. The summed E-state index contributed by atoms with van der Waals surface area (Å²) in [7, 11) is 2.07. The van der Waals surface area contributed by atoms with Gasteiger partial charge in [-0.15, -0.1) is 0 Å². The van der Waals surface area contributed by atoms with Gasteiger partial charge in [-0.25, -0.2) is 4.98 Å². The molecular formula is C18H23N5O. The summed E-state index contributed by atoms with van der Waals surface area (Å²) in [4.78, 5) is 4.72. The summed E-state index contributed by atoms with van der Waals surface area (Å²) in [6.45, 7) is 2.51. The number of aryl methyl sites for hydroxylation is 1. The minimum atomic E-state index is 0.130. The Balaban J connectivity index is 1.41. The van der Waals surface area contributed by atoms with E-state index in [1.165, 1.54) is 11.9 Å². The van der Waals surface area contributed by atoms with Crippen molar-refractivity contribution in [2.45, 2.75) is 25.5 Å². The van der Waals surface area contributed by atoms with E-state index in [9.17, 15) is 0 Å². The smallest absolute Gasteiger partial charge is 0.123 e. The lowest BCUT2D eigenvalue weighted by Gasteiger charge is -2.31. The van der Waals surface area contributed by atoms with Crippen molar-refractivity contribution >= 4 is 11.0 Å². The summed E-state index contributed by atoms with van der Waals surface area (Å²) in [5, 5.41) is 10.5. The van der Waals surface area contributed by atoms with Gasteiger partial charge in [0.25, 0.3) is 0 Å². The number of benzene rings is 1. The van der Waals surface area contributed by atoms with Crippen LogP contribution in [0.2, 0.25) is 0 Å². The highest BCUT2D eigenvalue weighted by molar-refractivity contribution is 5.75. The van der Waals surface area contributed by atoms with Gasteiger partial charge < -0.3 is 14.6 Å². The number of aromatic amines is 1. The average Bonchev–Trinajstić information content (AvgIpc) is 3.25. The molecule has 0 saturated carbocycles. The number of nitrogens with one attached hydrogen (secondary N) is 2. The fourth-order valence-electron chi connectivity index (χ4n) is 3.56. The first-order valence-corrected chi connectivity index (χ1v) is 8.54. The Morgan fingerprint density at radius 2 is 2.29 bits per heavy atom. The van der Waals surface area contributed by atoms with Crippen LogP contribution in [0.3, 0.4) is 0 Å². The molecule has 1 fully saturated rings. The molecule has 4 rings (SSSR count). The molecule has 2 aromatic heterocycles. The van der Waals surface area contributed by atoms with Crippen LogP contribution in [-0.4, -0.2) is 32.9 Å². The van der Waals surface area contributed by atoms with E-state index >= 15 is 0 Å². The largest absolute Gasteiger partial charge is 0.373 e. The summed E-state index contributed by atoms with van der Waals surface area (Å²) in [6, 6.07) is 8.25. The highest BCUT2D eigenvalue weighted by Gasteiger charge is 2.27. The quantitative estimate of drug-likeness (QED) is 0.756. The Bertz CT molecular complexity index is 795. The normalized spacial score (nSPS) is 21.4. The SMILES string of the molecule is Cn1c(CNC[C@@H]2CCCO[C@H]2c2cn[nH]c2)nc2ccccc21. The molecule has 3 heterocycles. The van der Waals surface area contributed by atoms with Gasteiger partial charge >= 0.3 is 0 Å². The fourth-order valence-corrected chi connectivity index (χ4v) is 3.56. The van der Waals surface area contributed by atoms with Crippen LogP contribution in [0.5, 0.6) is 0 Å². The van der Waals surface area contributed by atoms with Crippen LogP contribution in [0, 0.1) is 5.92 Å². The van der Waals surface area contributed by atoms with E-state index in [0.717, 1.165) is 43.0 Å². The number of fused-ring (bicyclic) bond motifs is 1. The monoisotopic (exact) mass is 325 g/mol. The van der Waals surface area contributed by atoms with E-state index < -0.39 is 0 Å². The second-order valence-corrected chi connectivity index (χ2v) is 6.43. The number of hydrogen-bond acceptors (Lipinski definition) is 4. The van der Waals surface area contributed by atoms with Crippen LogP contribution in [0.4, 0.5) is 0 Å². The second-order valence-electron chi connectivity index (χ2n) is 6.43. The number of ether oxygens (including phenoxy) is 1. The molecule has 0 spiro atoms. The Morgan fingerprint density at radius 1 is 1.38 bits per heavy atom. The van der Waals surface area contributed by atoms with Gasteiger partial charge in [-0.3, -0.25) is 5.10 Å². The van der Waals surface area contributed by atoms with Gasteiger partial charge in [0.1, 0.15) is 5.82 Å². The molecule has 2 atom stereocenters. The number of para-hydroxylation sites is 2. The molecule has 3 aromatic rings. The van der Waals surface area contributed by atoms with Crippen molar-refractivity contribution in [3.8, 4) is 0 Å². The molecule has 1 aliphatic heterocycles. The number of nitrogens with zero attached hydrogens (tertiary/aromatic N) is 3. The van der Waals surface area contributed by atoms with Crippen molar-refractivity contribution in [1.29, 1.82) is 0 Å². The first kappa shape index (κ1) is 15.4. The lowest BCUT2D eigenvalue weighted by atomic mass is 9.91. The summed E-state index contributed by atoms with van der Waals surface area (Å²) in [5.41, 5.74) is 3.37. The lowest BCUT2D eigenvalue weighted by Crippen LogP contribution is -2.32. The number of aromatic nitrogens is 4. The molecule has 24 heavy (non-hydrogen) atoms. The maximum absolute atomic E-state index is 5.99. The standard InChI is InChI=1S/C18H23N5O/c1-23-16-7-3-2-6-15(16)22-17(23)12-19-9-13-5-4-8-24-18(13)14-10-20-21-11-14/h2-3,6-7,10-11,13,18-19H,4-5,8-9,12H2,1H3,(H,20,21)/t13-,18+/m0/s1. The maximum atomic E-state index is 5.99. The molecule has 6 nitrogen and oxygen atoms in total. The Morgan fingerprint density at radius 3 is 3.12 bits per heavy atom. The third-order valence-corrected chi connectivity index (χ3v) is 4.86. The molecule has 0 radical (unpaired) electrons. The Hall–Kier alpha value is -2.18. The average molecular weight is 325 g/mol. The second kappa shape index (κ2) is 6.75. The van der Waals surface area contributed by atoms with Crippen molar-refractivity contribution in [3.05, 3.63) is 48.0 Å². The van der Waals surface area contributed by atoms with Gasteiger partial charge in [0, 0.05) is 37.9 Å². The van der Waals surface area contributed by atoms with Crippen LogP contribution in [0.25, 0.3) is 11.0 Å². The molecule has 0 amide bonds. The number of imidazole rings is 1. The fraction of sp³-hybridized carbons (Fsp3) is 0.444. The molecule has 6 heteroatoms. The third-order valence-electron chi connectivity index (χ3n) is 4.86. The zero-order valence-corrected chi connectivity index (χ0v) is 13.9. The lowest BCUT2D eigenvalue weighted by molar-refractivity contribution is -0.0279. The Labute approximate surface area is 141 Å². The Kier molecular flexibility index (Phi) is 4.32. The number of hydrogen-bond donors (Lipinski definition) is 2. The van der Waals surface area contributed by atoms with Crippen molar-refractivity contribution in [2.75, 3.05) is 13.2 Å². The summed E-state index contributed by atoms with van der Waals surface area (Å²) in [6.07, 6.45) is 6.23. The maximum Gasteiger partial charge on any atom is 0.123 e. The summed E-state index contributed by atoms with van der Waals surface area (Å²) in [5.74, 6) is 1.53. The van der Waals surface area contributed by atoms with Crippen molar-refractivity contribution < 1.29 is 4.74 Å². The van der Waals surface area contributed by atoms with Gasteiger partial charge in [-0.2, -0.15) is 5.10 Å². The van der Waals surface area contributed by atoms with Crippen LogP contribution < -0.4 is 5.32 Å². The molecule has 126 valence electrons. The van der Waals surface area contributed by atoms with Crippen LogP contribution in [0.15, 0.2) is 36.7 Å². The number of H-pyrrole nitrogens is 1. The van der Waals surface area contributed by atoms with Crippen LogP contribution in [0.1, 0.15) is 30.3 Å². The van der Waals surface area contributed by atoms with Gasteiger partial charge in [0.2, 0.25) is 0 Å². The first-order chi connectivity index (χ1) is 11.8. The first-order valence-electron chi connectivity index (χ1n) is 8.54. The van der Waals surface area contributed by atoms with E-state index in [4.69, 9.17) is 9.72 Å². The van der Waals surface area contributed by atoms with E-state index in [2.05, 4.69) is 45.3 Å². The number of rotatable bonds is 5. The molecule has 1 aromatic carbocycles. The third kappa shape index (κ3) is 2.95. The van der Waals surface area contributed by atoms with Crippen LogP contribution in [-0.2, 0) is 18.3 Å². The minimum Gasteiger partial charge on any atom is -0.373 e. The van der Waals surface area contributed by atoms with Gasteiger partial charge in [0.15, 0.2) is 0 Å². The molecule has 0 unspecified atom stereocenters. The topological polar surface area (TPSA) is 67.8 Å². The highest BCUT2D eigenvalue weighted by atomic mass is 16.5. The van der Waals surface area contributed by atoms with E-state index in [-0.39, 0.29) is 6.10 Å². The molecular weight excluding hydrogens is 302 g/mol.